The number of hydrogen-bond acceptors (Lipinski definition) is 3. The second-order valence-corrected chi connectivity index (χ2v) is 8.75. The lowest BCUT2D eigenvalue weighted by molar-refractivity contribution is -0.0367. The molecule has 150 valence electrons. The Hall–Kier alpha value is -1.55. The minimum absolute atomic E-state index is 0.353. The standard InChI is InChI=1S/C24H30ClNO2/c1-27-23-8-4-13-24(23)14-5-15-26(18-24)16-20-6-2-3-7-22(20)28-17-19-9-11-21(25)12-10-19/h2-3,6-7,9-12,23H,4-5,8,13-18H2,1H3/t23-,24-/m1/s1. The number of methoxy groups -OCH3 is 1. The maximum absolute atomic E-state index is 6.17. The molecule has 4 rings (SSSR count). The number of piperidine rings is 1. The molecule has 2 fully saturated rings. The monoisotopic (exact) mass is 399 g/mol. The number of benzene rings is 2. The van der Waals surface area contributed by atoms with E-state index >= 15 is 0 Å². The van der Waals surface area contributed by atoms with Gasteiger partial charge in [0.15, 0.2) is 0 Å². The molecule has 28 heavy (non-hydrogen) atoms. The summed E-state index contributed by atoms with van der Waals surface area (Å²) in [5.41, 5.74) is 2.75. The molecule has 1 spiro atoms. The molecular formula is C24H30ClNO2. The van der Waals surface area contributed by atoms with Crippen molar-refractivity contribution >= 4 is 11.6 Å². The molecule has 1 aliphatic heterocycles. The van der Waals surface area contributed by atoms with Gasteiger partial charge in [0.1, 0.15) is 12.4 Å². The average Bonchev–Trinajstić information content (AvgIpc) is 3.10. The summed E-state index contributed by atoms with van der Waals surface area (Å²) in [7, 11) is 1.89. The van der Waals surface area contributed by atoms with Crippen molar-refractivity contribution in [2.75, 3.05) is 20.2 Å². The van der Waals surface area contributed by atoms with Gasteiger partial charge in [-0.3, -0.25) is 4.90 Å². The SMILES string of the molecule is CO[C@@H]1CCC[C@]12CCCN(Cc1ccccc1OCc1ccc(Cl)cc1)C2. The molecule has 0 bridgehead atoms. The molecule has 0 amide bonds. The lowest BCUT2D eigenvalue weighted by Gasteiger charge is -2.43. The Morgan fingerprint density at radius 2 is 1.86 bits per heavy atom. The van der Waals surface area contributed by atoms with E-state index in [4.69, 9.17) is 21.1 Å². The highest BCUT2D eigenvalue weighted by molar-refractivity contribution is 6.30. The zero-order chi connectivity index (χ0) is 19.4. The molecule has 0 N–H and O–H groups in total. The van der Waals surface area contributed by atoms with E-state index in [1.54, 1.807) is 0 Å². The highest BCUT2D eigenvalue weighted by Gasteiger charge is 2.45. The third kappa shape index (κ3) is 4.37. The van der Waals surface area contributed by atoms with Crippen molar-refractivity contribution in [3.8, 4) is 5.75 Å². The van der Waals surface area contributed by atoms with Gasteiger partial charge in [0.2, 0.25) is 0 Å². The molecule has 2 aromatic carbocycles. The van der Waals surface area contributed by atoms with Gasteiger partial charge in [-0.05, 0) is 56.0 Å². The van der Waals surface area contributed by atoms with E-state index in [2.05, 4.69) is 29.2 Å². The van der Waals surface area contributed by atoms with Gasteiger partial charge in [-0.25, -0.2) is 0 Å². The van der Waals surface area contributed by atoms with Crippen LogP contribution in [0.25, 0.3) is 0 Å². The summed E-state index contributed by atoms with van der Waals surface area (Å²) in [6.45, 7) is 3.79. The summed E-state index contributed by atoms with van der Waals surface area (Å²) in [6, 6.07) is 16.3. The highest BCUT2D eigenvalue weighted by Crippen LogP contribution is 2.46. The molecule has 2 atom stereocenters. The summed E-state index contributed by atoms with van der Waals surface area (Å²) < 4.78 is 12.0. The number of nitrogens with zero attached hydrogens (tertiary/aromatic N) is 1. The van der Waals surface area contributed by atoms with Crippen LogP contribution in [0.4, 0.5) is 0 Å². The number of para-hydroxylation sites is 1. The largest absolute Gasteiger partial charge is 0.489 e. The summed E-state index contributed by atoms with van der Waals surface area (Å²) in [5, 5.41) is 0.754. The second-order valence-electron chi connectivity index (χ2n) is 8.32. The molecule has 2 aliphatic rings. The van der Waals surface area contributed by atoms with E-state index in [1.807, 2.05) is 31.4 Å². The molecule has 1 aliphatic carbocycles. The number of hydrogen-bond donors (Lipinski definition) is 0. The topological polar surface area (TPSA) is 21.7 Å². The van der Waals surface area contributed by atoms with E-state index in [0.717, 1.165) is 36.0 Å². The molecule has 0 radical (unpaired) electrons. The van der Waals surface area contributed by atoms with Gasteiger partial charge in [0.25, 0.3) is 0 Å². The van der Waals surface area contributed by atoms with Crippen molar-refractivity contribution in [3.63, 3.8) is 0 Å². The zero-order valence-electron chi connectivity index (χ0n) is 16.7. The van der Waals surface area contributed by atoms with Crippen molar-refractivity contribution in [2.45, 2.75) is 51.4 Å². The van der Waals surface area contributed by atoms with E-state index in [9.17, 15) is 0 Å². The fourth-order valence-corrected chi connectivity index (χ4v) is 5.22. The Kier molecular flexibility index (Phi) is 6.25. The van der Waals surface area contributed by atoms with Crippen LogP contribution in [0.15, 0.2) is 48.5 Å². The van der Waals surface area contributed by atoms with Gasteiger partial charge in [-0.1, -0.05) is 48.4 Å². The van der Waals surface area contributed by atoms with E-state index < -0.39 is 0 Å². The smallest absolute Gasteiger partial charge is 0.124 e. The predicted molar refractivity (Wildman–Crippen MR) is 114 cm³/mol. The van der Waals surface area contributed by atoms with Gasteiger partial charge >= 0.3 is 0 Å². The fraction of sp³-hybridized carbons (Fsp3) is 0.500. The lowest BCUT2D eigenvalue weighted by atomic mass is 9.76. The van der Waals surface area contributed by atoms with Crippen molar-refractivity contribution in [1.82, 2.24) is 4.90 Å². The lowest BCUT2D eigenvalue weighted by Crippen LogP contribution is -2.47. The van der Waals surface area contributed by atoms with E-state index in [1.165, 1.54) is 37.7 Å². The van der Waals surface area contributed by atoms with Crippen molar-refractivity contribution in [2.24, 2.45) is 5.41 Å². The maximum Gasteiger partial charge on any atom is 0.124 e. The first kappa shape index (κ1) is 19.8. The van der Waals surface area contributed by atoms with Gasteiger partial charge in [0.05, 0.1) is 6.10 Å². The predicted octanol–water partition coefficient (Wildman–Crippen LogP) is 5.70. The molecule has 1 heterocycles. The van der Waals surface area contributed by atoms with E-state index in [0.29, 0.717) is 18.1 Å². The molecule has 4 heteroatoms. The Bertz CT molecular complexity index is 778. The van der Waals surface area contributed by atoms with E-state index in [-0.39, 0.29) is 0 Å². The van der Waals surface area contributed by atoms with Crippen LogP contribution in [0.1, 0.15) is 43.2 Å². The van der Waals surface area contributed by atoms with Crippen LogP contribution >= 0.6 is 11.6 Å². The normalized spacial score (nSPS) is 25.3. The minimum Gasteiger partial charge on any atom is -0.489 e. The van der Waals surface area contributed by atoms with Crippen molar-refractivity contribution in [3.05, 3.63) is 64.7 Å². The van der Waals surface area contributed by atoms with Crippen LogP contribution in [-0.4, -0.2) is 31.2 Å². The quantitative estimate of drug-likeness (QED) is 0.621. The first-order chi connectivity index (χ1) is 13.7. The summed E-state index contributed by atoms with van der Waals surface area (Å²) in [4.78, 5) is 2.60. The van der Waals surface area contributed by atoms with Gasteiger partial charge in [-0.2, -0.15) is 0 Å². The van der Waals surface area contributed by atoms with Crippen LogP contribution in [0, 0.1) is 5.41 Å². The van der Waals surface area contributed by atoms with Gasteiger partial charge in [-0.15, -0.1) is 0 Å². The molecule has 1 saturated heterocycles. The van der Waals surface area contributed by atoms with Crippen LogP contribution < -0.4 is 4.74 Å². The molecule has 0 unspecified atom stereocenters. The van der Waals surface area contributed by atoms with Crippen LogP contribution in [0.3, 0.4) is 0 Å². The Morgan fingerprint density at radius 3 is 2.68 bits per heavy atom. The maximum atomic E-state index is 6.17. The Balaban J connectivity index is 1.42. The zero-order valence-corrected chi connectivity index (χ0v) is 17.5. The van der Waals surface area contributed by atoms with Crippen molar-refractivity contribution in [1.29, 1.82) is 0 Å². The van der Waals surface area contributed by atoms with Crippen LogP contribution in [-0.2, 0) is 17.9 Å². The summed E-state index contributed by atoms with van der Waals surface area (Å²) >= 11 is 5.98. The van der Waals surface area contributed by atoms with Gasteiger partial charge in [0, 0.05) is 36.2 Å². The summed E-state index contributed by atoms with van der Waals surface area (Å²) in [5.74, 6) is 0.979. The number of likely N-dealkylation sites (tertiary alicyclic amines) is 1. The molecular weight excluding hydrogens is 370 g/mol. The molecule has 3 nitrogen and oxygen atoms in total. The van der Waals surface area contributed by atoms with Crippen LogP contribution in [0.2, 0.25) is 5.02 Å². The Morgan fingerprint density at radius 1 is 1.07 bits per heavy atom. The Labute approximate surface area is 173 Å². The third-order valence-electron chi connectivity index (χ3n) is 6.47. The number of ether oxygens (including phenoxy) is 2. The van der Waals surface area contributed by atoms with Crippen LogP contribution in [0.5, 0.6) is 5.75 Å². The molecule has 2 aromatic rings. The number of halogens is 1. The average molecular weight is 400 g/mol. The summed E-state index contributed by atoms with van der Waals surface area (Å²) in [6.07, 6.45) is 6.80. The molecule has 1 saturated carbocycles. The van der Waals surface area contributed by atoms with Gasteiger partial charge < -0.3 is 9.47 Å². The van der Waals surface area contributed by atoms with Crippen molar-refractivity contribution < 1.29 is 9.47 Å². The second kappa shape index (κ2) is 8.86. The first-order valence-electron chi connectivity index (χ1n) is 10.4. The number of rotatable bonds is 6. The molecule has 0 aromatic heterocycles. The minimum atomic E-state index is 0.353. The third-order valence-corrected chi connectivity index (χ3v) is 6.72. The first-order valence-corrected chi connectivity index (χ1v) is 10.8. The highest BCUT2D eigenvalue weighted by atomic mass is 35.5. The fourth-order valence-electron chi connectivity index (χ4n) is 5.09.